The Labute approximate surface area is 113 Å². The van der Waals surface area contributed by atoms with Gasteiger partial charge in [-0.2, -0.15) is 11.3 Å². The summed E-state index contributed by atoms with van der Waals surface area (Å²) in [6, 6.07) is 2.09. The lowest BCUT2D eigenvalue weighted by Gasteiger charge is -2.24. The van der Waals surface area contributed by atoms with Gasteiger partial charge in [0.05, 0.1) is 12.1 Å². The molecule has 0 aliphatic heterocycles. The minimum absolute atomic E-state index is 0.196. The highest BCUT2D eigenvalue weighted by Crippen LogP contribution is 2.07. The molecule has 5 heteroatoms. The summed E-state index contributed by atoms with van der Waals surface area (Å²) >= 11 is 1.70. The molecule has 0 unspecified atom stereocenters. The molecule has 2 N–H and O–H groups in total. The van der Waals surface area contributed by atoms with Gasteiger partial charge in [-0.25, -0.2) is 4.99 Å². The van der Waals surface area contributed by atoms with Crippen LogP contribution in [0.1, 0.15) is 26.3 Å². The first-order valence-corrected chi connectivity index (χ1v) is 7.10. The van der Waals surface area contributed by atoms with Gasteiger partial charge in [0.15, 0.2) is 5.96 Å². The van der Waals surface area contributed by atoms with Crippen molar-refractivity contribution in [2.75, 3.05) is 20.2 Å². The highest BCUT2D eigenvalue weighted by molar-refractivity contribution is 7.07. The number of guanidine groups is 1. The topological polar surface area (TPSA) is 45.7 Å². The van der Waals surface area contributed by atoms with Crippen molar-refractivity contribution in [1.82, 2.24) is 10.6 Å². The predicted molar refractivity (Wildman–Crippen MR) is 78.2 cm³/mol. The molecular weight excluding hydrogens is 246 g/mol. The van der Waals surface area contributed by atoms with E-state index in [1.54, 1.807) is 18.4 Å². The molecule has 4 nitrogen and oxygen atoms in total. The summed E-state index contributed by atoms with van der Waals surface area (Å²) in [5.74, 6) is 0.828. The maximum absolute atomic E-state index is 5.37. The van der Waals surface area contributed by atoms with Crippen LogP contribution in [0, 0.1) is 0 Å². The molecule has 0 amide bonds. The van der Waals surface area contributed by atoms with Crippen molar-refractivity contribution in [2.24, 2.45) is 4.99 Å². The van der Waals surface area contributed by atoms with Crippen LogP contribution in [0.15, 0.2) is 21.8 Å². The van der Waals surface area contributed by atoms with Crippen molar-refractivity contribution in [3.63, 3.8) is 0 Å². The number of nitrogens with one attached hydrogen (secondary N) is 2. The molecule has 18 heavy (non-hydrogen) atoms. The molecule has 0 saturated carbocycles. The lowest BCUT2D eigenvalue weighted by atomic mass is 10.1. The molecule has 0 spiro atoms. The fourth-order valence-corrected chi connectivity index (χ4v) is 1.92. The van der Waals surface area contributed by atoms with Crippen molar-refractivity contribution in [1.29, 1.82) is 0 Å². The quantitative estimate of drug-likeness (QED) is 0.615. The lowest BCUT2D eigenvalue weighted by Crippen LogP contribution is -2.45. The SMILES string of the molecule is CCNC(=NCc1ccsc1)NCC(C)(C)OC. The summed E-state index contributed by atoms with van der Waals surface area (Å²) in [4.78, 5) is 4.54. The Morgan fingerprint density at radius 3 is 2.78 bits per heavy atom. The number of thiophene rings is 1. The summed E-state index contributed by atoms with van der Waals surface area (Å²) in [6.45, 7) is 8.42. The Morgan fingerprint density at radius 1 is 1.44 bits per heavy atom. The van der Waals surface area contributed by atoms with E-state index in [4.69, 9.17) is 4.74 Å². The van der Waals surface area contributed by atoms with Gasteiger partial charge in [-0.15, -0.1) is 0 Å². The fraction of sp³-hybridized carbons (Fsp3) is 0.615. The van der Waals surface area contributed by atoms with Gasteiger partial charge in [0, 0.05) is 20.2 Å². The molecule has 1 rings (SSSR count). The van der Waals surface area contributed by atoms with E-state index in [2.05, 4.69) is 39.4 Å². The Hall–Kier alpha value is -1.07. The molecule has 0 bridgehead atoms. The first-order chi connectivity index (χ1) is 8.57. The third-order valence-electron chi connectivity index (χ3n) is 2.58. The van der Waals surface area contributed by atoms with Crippen LogP contribution < -0.4 is 10.6 Å². The number of methoxy groups -OCH3 is 1. The summed E-state index contributed by atoms with van der Waals surface area (Å²) < 4.78 is 5.37. The normalized spacial score (nSPS) is 12.6. The second kappa shape index (κ2) is 7.38. The zero-order valence-electron chi connectivity index (χ0n) is 11.6. The van der Waals surface area contributed by atoms with Crippen LogP contribution in [-0.2, 0) is 11.3 Å². The van der Waals surface area contributed by atoms with Gasteiger partial charge >= 0.3 is 0 Å². The van der Waals surface area contributed by atoms with Crippen molar-refractivity contribution in [2.45, 2.75) is 32.9 Å². The van der Waals surface area contributed by atoms with E-state index in [1.165, 1.54) is 5.56 Å². The smallest absolute Gasteiger partial charge is 0.191 e. The summed E-state index contributed by atoms with van der Waals surface area (Å²) in [7, 11) is 1.72. The lowest BCUT2D eigenvalue weighted by molar-refractivity contribution is 0.0268. The van der Waals surface area contributed by atoms with Gasteiger partial charge < -0.3 is 15.4 Å². The van der Waals surface area contributed by atoms with Crippen molar-refractivity contribution < 1.29 is 4.74 Å². The Balaban J connectivity index is 2.51. The van der Waals surface area contributed by atoms with Crippen LogP contribution in [0.3, 0.4) is 0 Å². The van der Waals surface area contributed by atoms with Crippen LogP contribution in [0.4, 0.5) is 0 Å². The van der Waals surface area contributed by atoms with Gasteiger partial charge in [-0.3, -0.25) is 0 Å². The maximum Gasteiger partial charge on any atom is 0.191 e. The zero-order valence-corrected chi connectivity index (χ0v) is 12.4. The number of rotatable bonds is 6. The average molecular weight is 269 g/mol. The van der Waals surface area contributed by atoms with Gasteiger partial charge in [-0.1, -0.05) is 0 Å². The number of ether oxygens (including phenoxy) is 1. The van der Waals surface area contributed by atoms with Crippen molar-refractivity contribution >= 4 is 17.3 Å². The third-order valence-corrected chi connectivity index (χ3v) is 3.31. The van der Waals surface area contributed by atoms with E-state index in [0.29, 0.717) is 6.54 Å². The fourth-order valence-electron chi connectivity index (χ4n) is 1.26. The first-order valence-electron chi connectivity index (χ1n) is 6.16. The molecule has 1 heterocycles. The minimum atomic E-state index is -0.196. The molecule has 0 radical (unpaired) electrons. The number of hydrogen-bond donors (Lipinski definition) is 2. The monoisotopic (exact) mass is 269 g/mol. The minimum Gasteiger partial charge on any atom is -0.377 e. The first kappa shape index (κ1) is 15.0. The predicted octanol–water partition coefficient (Wildman–Crippen LogP) is 2.23. The Kier molecular flexibility index (Phi) is 6.15. The highest BCUT2D eigenvalue weighted by Gasteiger charge is 2.16. The number of aliphatic imine (C=N–C) groups is 1. The van der Waals surface area contributed by atoms with Crippen molar-refractivity contribution in [3.05, 3.63) is 22.4 Å². The molecule has 1 aromatic rings. The van der Waals surface area contributed by atoms with Gasteiger partial charge in [-0.05, 0) is 43.2 Å². The van der Waals surface area contributed by atoms with Crippen molar-refractivity contribution in [3.8, 4) is 0 Å². The molecule has 0 aliphatic carbocycles. The van der Waals surface area contributed by atoms with Crippen LogP contribution in [-0.4, -0.2) is 31.8 Å². The standard InChI is InChI=1S/C13H23N3OS/c1-5-14-12(16-10-13(2,3)17-4)15-8-11-6-7-18-9-11/h6-7,9H,5,8,10H2,1-4H3,(H2,14,15,16). The molecule has 102 valence electrons. The number of nitrogens with zero attached hydrogens (tertiary/aromatic N) is 1. The van der Waals surface area contributed by atoms with Crippen LogP contribution in [0.25, 0.3) is 0 Å². The molecule has 0 saturated heterocycles. The second-order valence-electron chi connectivity index (χ2n) is 4.64. The van der Waals surface area contributed by atoms with Gasteiger partial charge in [0.2, 0.25) is 0 Å². The van der Waals surface area contributed by atoms with Gasteiger partial charge in [0.1, 0.15) is 0 Å². The average Bonchev–Trinajstić information content (AvgIpc) is 2.86. The van der Waals surface area contributed by atoms with Crippen LogP contribution >= 0.6 is 11.3 Å². The van der Waals surface area contributed by atoms with Crippen LogP contribution in [0.5, 0.6) is 0 Å². The van der Waals surface area contributed by atoms with E-state index in [1.807, 2.05) is 13.8 Å². The van der Waals surface area contributed by atoms with E-state index >= 15 is 0 Å². The van der Waals surface area contributed by atoms with E-state index in [0.717, 1.165) is 19.0 Å². The largest absolute Gasteiger partial charge is 0.377 e. The van der Waals surface area contributed by atoms with E-state index < -0.39 is 0 Å². The summed E-state index contributed by atoms with van der Waals surface area (Å²) in [6.07, 6.45) is 0. The van der Waals surface area contributed by atoms with E-state index in [9.17, 15) is 0 Å². The Morgan fingerprint density at radius 2 is 2.22 bits per heavy atom. The maximum atomic E-state index is 5.37. The van der Waals surface area contributed by atoms with Gasteiger partial charge in [0.25, 0.3) is 0 Å². The highest BCUT2D eigenvalue weighted by atomic mass is 32.1. The third kappa shape index (κ3) is 5.51. The molecular formula is C13H23N3OS. The molecule has 0 aromatic carbocycles. The molecule has 0 atom stereocenters. The number of hydrogen-bond acceptors (Lipinski definition) is 3. The summed E-state index contributed by atoms with van der Waals surface area (Å²) in [5, 5.41) is 10.7. The summed E-state index contributed by atoms with van der Waals surface area (Å²) in [5.41, 5.74) is 1.04. The molecule has 0 fully saturated rings. The van der Waals surface area contributed by atoms with Crippen LogP contribution in [0.2, 0.25) is 0 Å². The Bertz CT molecular complexity index is 360. The molecule has 0 aliphatic rings. The second-order valence-corrected chi connectivity index (χ2v) is 5.42. The molecule has 1 aromatic heterocycles. The zero-order chi connectivity index (χ0) is 13.4. The van der Waals surface area contributed by atoms with E-state index in [-0.39, 0.29) is 5.60 Å².